The first kappa shape index (κ1) is 11.4. The van der Waals surface area contributed by atoms with Gasteiger partial charge in [0.05, 0.1) is 0 Å². The number of anilines is 1. The fourth-order valence-corrected chi connectivity index (χ4v) is 1.98. The Hall–Kier alpha value is -1.09. The number of halogens is 1. The first-order valence-corrected chi connectivity index (χ1v) is 5.82. The van der Waals surface area contributed by atoms with Crippen LogP contribution < -0.4 is 10.6 Å². The van der Waals surface area contributed by atoms with E-state index < -0.39 is 0 Å². The molecule has 3 heteroatoms. The van der Waals surface area contributed by atoms with Crippen molar-refractivity contribution < 1.29 is 4.39 Å². The Morgan fingerprint density at radius 1 is 1.44 bits per heavy atom. The highest BCUT2D eigenvalue weighted by molar-refractivity contribution is 5.45. The Morgan fingerprint density at radius 3 is 2.75 bits per heavy atom. The van der Waals surface area contributed by atoms with E-state index in [0.29, 0.717) is 5.41 Å². The molecule has 0 heterocycles. The Labute approximate surface area is 96.2 Å². The zero-order valence-corrected chi connectivity index (χ0v) is 9.75. The highest BCUT2D eigenvalue weighted by Gasteiger charge is 2.40. The lowest BCUT2D eigenvalue weighted by molar-refractivity contribution is 0.481. The van der Waals surface area contributed by atoms with Crippen LogP contribution in [0.4, 0.5) is 10.1 Å². The van der Waals surface area contributed by atoms with Gasteiger partial charge in [-0.05, 0) is 49.4 Å². The smallest absolute Gasteiger partial charge is 0.125 e. The van der Waals surface area contributed by atoms with Gasteiger partial charge in [-0.15, -0.1) is 0 Å². The summed E-state index contributed by atoms with van der Waals surface area (Å²) in [5.74, 6) is -0.177. The summed E-state index contributed by atoms with van der Waals surface area (Å²) in [6.45, 7) is 1.73. The van der Waals surface area contributed by atoms with Crippen molar-refractivity contribution in [1.29, 1.82) is 0 Å². The first-order valence-electron chi connectivity index (χ1n) is 5.82. The van der Waals surface area contributed by atoms with Gasteiger partial charge in [-0.3, -0.25) is 0 Å². The van der Waals surface area contributed by atoms with Crippen LogP contribution in [0.3, 0.4) is 0 Å². The van der Waals surface area contributed by atoms with Crippen LogP contribution in [-0.4, -0.2) is 20.1 Å². The summed E-state index contributed by atoms with van der Waals surface area (Å²) in [6, 6.07) is 6.73. The van der Waals surface area contributed by atoms with E-state index in [1.807, 2.05) is 13.1 Å². The third kappa shape index (κ3) is 2.53. The fraction of sp³-hybridized carbons (Fsp3) is 0.538. The van der Waals surface area contributed by atoms with Gasteiger partial charge >= 0.3 is 0 Å². The van der Waals surface area contributed by atoms with Gasteiger partial charge in [0.2, 0.25) is 0 Å². The summed E-state index contributed by atoms with van der Waals surface area (Å²) in [5.41, 5.74) is 7.07. The molecule has 1 saturated carbocycles. The largest absolute Gasteiger partial charge is 0.374 e. The standard InChI is InChI=1S/C13H19FN2/c1-16(8-7-13(10-15)5-6-13)12-4-2-3-11(14)9-12/h2-4,9H,5-8,10,15H2,1H3. The van der Waals surface area contributed by atoms with Crippen LogP contribution in [0, 0.1) is 11.2 Å². The maximum absolute atomic E-state index is 13.0. The molecule has 88 valence electrons. The second-order valence-corrected chi connectivity index (χ2v) is 4.86. The van der Waals surface area contributed by atoms with Crippen LogP contribution >= 0.6 is 0 Å². The highest BCUT2D eigenvalue weighted by Crippen LogP contribution is 2.47. The zero-order valence-electron chi connectivity index (χ0n) is 9.75. The van der Waals surface area contributed by atoms with E-state index in [-0.39, 0.29) is 5.82 Å². The Kier molecular flexibility index (Phi) is 3.15. The quantitative estimate of drug-likeness (QED) is 0.829. The van der Waals surface area contributed by atoms with E-state index in [1.54, 1.807) is 12.1 Å². The molecule has 0 atom stereocenters. The minimum Gasteiger partial charge on any atom is -0.374 e. The highest BCUT2D eigenvalue weighted by atomic mass is 19.1. The third-order valence-corrected chi connectivity index (χ3v) is 3.62. The van der Waals surface area contributed by atoms with E-state index in [2.05, 4.69) is 4.90 Å². The molecule has 0 saturated heterocycles. The van der Waals surface area contributed by atoms with E-state index in [4.69, 9.17) is 5.73 Å². The van der Waals surface area contributed by atoms with Crippen molar-refractivity contribution >= 4 is 5.69 Å². The molecule has 0 bridgehead atoms. The summed E-state index contributed by atoms with van der Waals surface area (Å²) < 4.78 is 13.0. The van der Waals surface area contributed by atoms with Crippen molar-refractivity contribution in [2.45, 2.75) is 19.3 Å². The number of hydrogen-bond acceptors (Lipinski definition) is 2. The number of nitrogens with zero attached hydrogens (tertiary/aromatic N) is 1. The van der Waals surface area contributed by atoms with Gasteiger partial charge in [-0.1, -0.05) is 6.07 Å². The van der Waals surface area contributed by atoms with Gasteiger partial charge in [0.1, 0.15) is 5.82 Å². The summed E-state index contributed by atoms with van der Waals surface area (Å²) in [5, 5.41) is 0. The van der Waals surface area contributed by atoms with Crippen molar-refractivity contribution in [3.8, 4) is 0 Å². The number of nitrogens with two attached hydrogens (primary N) is 1. The van der Waals surface area contributed by atoms with Crippen LogP contribution in [-0.2, 0) is 0 Å². The molecular formula is C13H19FN2. The average molecular weight is 222 g/mol. The van der Waals surface area contributed by atoms with Crippen molar-refractivity contribution in [1.82, 2.24) is 0 Å². The Balaban J connectivity index is 1.90. The molecule has 0 aliphatic heterocycles. The van der Waals surface area contributed by atoms with E-state index in [0.717, 1.165) is 25.2 Å². The van der Waals surface area contributed by atoms with Crippen molar-refractivity contribution in [2.75, 3.05) is 25.0 Å². The fourth-order valence-electron chi connectivity index (χ4n) is 1.98. The zero-order chi connectivity index (χ0) is 11.6. The molecule has 0 spiro atoms. The molecule has 2 rings (SSSR count). The lowest BCUT2D eigenvalue weighted by Gasteiger charge is -2.22. The van der Waals surface area contributed by atoms with Crippen molar-refractivity contribution in [3.63, 3.8) is 0 Å². The van der Waals surface area contributed by atoms with Crippen LogP contribution in [0.2, 0.25) is 0 Å². The summed E-state index contributed by atoms with van der Waals surface area (Å²) in [4.78, 5) is 2.10. The monoisotopic (exact) mass is 222 g/mol. The van der Waals surface area contributed by atoms with Crippen LogP contribution in [0.25, 0.3) is 0 Å². The number of hydrogen-bond donors (Lipinski definition) is 1. The molecule has 0 aromatic heterocycles. The van der Waals surface area contributed by atoms with Gasteiger partial charge < -0.3 is 10.6 Å². The number of benzene rings is 1. The van der Waals surface area contributed by atoms with Gasteiger partial charge in [-0.25, -0.2) is 4.39 Å². The summed E-state index contributed by atoms with van der Waals surface area (Å²) in [6.07, 6.45) is 3.61. The Bertz CT molecular complexity index is 361. The van der Waals surface area contributed by atoms with E-state index >= 15 is 0 Å². The van der Waals surface area contributed by atoms with Gasteiger partial charge in [0, 0.05) is 19.3 Å². The normalized spacial score (nSPS) is 17.2. The Morgan fingerprint density at radius 2 is 2.19 bits per heavy atom. The lowest BCUT2D eigenvalue weighted by atomic mass is 10.0. The third-order valence-electron chi connectivity index (χ3n) is 3.62. The van der Waals surface area contributed by atoms with Gasteiger partial charge in [0.15, 0.2) is 0 Å². The molecule has 0 amide bonds. The SMILES string of the molecule is CN(CCC1(CN)CC1)c1cccc(F)c1. The molecule has 16 heavy (non-hydrogen) atoms. The van der Waals surface area contributed by atoms with Crippen molar-refractivity contribution in [3.05, 3.63) is 30.1 Å². The maximum atomic E-state index is 13.0. The van der Waals surface area contributed by atoms with Gasteiger partial charge in [0.25, 0.3) is 0 Å². The molecule has 1 aliphatic carbocycles. The van der Waals surface area contributed by atoms with Crippen molar-refractivity contribution in [2.24, 2.45) is 11.1 Å². The molecule has 1 aromatic rings. The first-order chi connectivity index (χ1) is 7.65. The predicted octanol–water partition coefficient (Wildman–Crippen LogP) is 2.39. The molecule has 1 aliphatic rings. The van der Waals surface area contributed by atoms with Gasteiger partial charge in [-0.2, -0.15) is 0 Å². The molecule has 1 aromatic carbocycles. The van der Waals surface area contributed by atoms with E-state index in [1.165, 1.54) is 18.9 Å². The molecule has 2 nitrogen and oxygen atoms in total. The summed E-state index contributed by atoms with van der Waals surface area (Å²) in [7, 11) is 2.00. The average Bonchev–Trinajstić information content (AvgIpc) is 3.07. The minimum absolute atomic E-state index is 0.177. The summed E-state index contributed by atoms with van der Waals surface area (Å²) >= 11 is 0. The molecule has 2 N–H and O–H groups in total. The molecular weight excluding hydrogens is 203 g/mol. The predicted molar refractivity (Wildman–Crippen MR) is 65.0 cm³/mol. The van der Waals surface area contributed by atoms with E-state index in [9.17, 15) is 4.39 Å². The topological polar surface area (TPSA) is 29.3 Å². The minimum atomic E-state index is -0.177. The molecule has 0 radical (unpaired) electrons. The van der Waals surface area contributed by atoms with Crippen LogP contribution in [0.15, 0.2) is 24.3 Å². The molecule has 1 fully saturated rings. The molecule has 0 unspecified atom stereocenters. The maximum Gasteiger partial charge on any atom is 0.125 e. The second kappa shape index (κ2) is 4.42. The van der Waals surface area contributed by atoms with Crippen LogP contribution in [0.1, 0.15) is 19.3 Å². The lowest BCUT2D eigenvalue weighted by Crippen LogP contribution is -2.25. The second-order valence-electron chi connectivity index (χ2n) is 4.86. The van der Waals surface area contributed by atoms with Crippen LogP contribution in [0.5, 0.6) is 0 Å². The number of rotatable bonds is 5.